The summed E-state index contributed by atoms with van der Waals surface area (Å²) in [5.74, 6) is 2.17. The molecule has 1 N–H and O–H groups in total. The molecule has 0 radical (unpaired) electrons. The summed E-state index contributed by atoms with van der Waals surface area (Å²) in [6.45, 7) is 2.12. The van der Waals surface area contributed by atoms with Crippen LogP contribution >= 0.6 is 11.6 Å². The molecule has 0 unspecified atom stereocenters. The van der Waals surface area contributed by atoms with Gasteiger partial charge in [0, 0.05) is 17.9 Å². The van der Waals surface area contributed by atoms with E-state index in [4.69, 9.17) is 21.1 Å². The molecule has 3 aromatic heterocycles. The van der Waals surface area contributed by atoms with E-state index in [0.29, 0.717) is 40.5 Å². The van der Waals surface area contributed by atoms with Crippen molar-refractivity contribution in [3.63, 3.8) is 0 Å². The number of anilines is 2. The van der Waals surface area contributed by atoms with E-state index in [1.54, 1.807) is 36.7 Å². The summed E-state index contributed by atoms with van der Waals surface area (Å²) in [6, 6.07) is 6.87. The van der Waals surface area contributed by atoms with Crippen LogP contribution in [0.2, 0.25) is 5.02 Å². The second kappa shape index (κ2) is 10.8. The van der Waals surface area contributed by atoms with Crippen LogP contribution in [0.3, 0.4) is 0 Å². The van der Waals surface area contributed by atoms with Crippen LogP contribution in [0.25, 0.3) is 10.9 Å². The summed E-state index contributed by atoms with van der Waals surface area (Å²) in [7, 11) is -3.47. The number of hydrogen-bond acceptors (Lipinski definition) is 11. The third-order valence-electron chi connectivity index (χ3n) is 4.49. The fourth-order valence-corrected chi connectivity index (χ4v) is 3.53. The van der Waals surface area contributed by atoms with Crippen LogP contribution in [0.4, 0.5) is 11.6 Å². The minimum absolute atomic E-state index is 0.0280. The van der Waals surface area contributed by atoms with Crippen molar-refractivity contribution in [1.82, 2.24) is 24.9 Å². The Balaban J connectivity index is 1.44. The zero-order chi connectivity index (χ0) is 24.8. The molecule has 0 saturated heterocycles. The Morgan fingerprint density at radius 1 is 0.971 bits per heavy atom. The predicted octanol–water partition coefficient (Wildman–Crippen LogP) is 4.06. The Labute approximate surface area is 206 Å². The third-order valence-corrected chi connectivity index (χ3v) is 5.35. The molecule has 0 bridgehead atoms. The molecule has 0 atom stereocenters. The van der Waals surface area contributed by atoms with Gasteiger partial charge in [-0.1, -0.05) is 11.6 Å². The highest BCUT2D eigenvalue weighted by molar-refractivity contribution is 7.85. The van der Waals surface area contributed by atoms with Crippen LogP contribution in [0.15, 0.2) is 49.2 Å². The van der Waals surface area contributed by atoms with E-state index >= 15 is 0 Å². The van der Waals surface area contributed by atoms with Gasteiger partial charge in [-0.15, -0.1) is 0 Å². The van der Waals surface area contributed by atoms with E-state index in [0.717, 1.165) is 11.9 Å². The van der Waals surface area contributed by atoms with Gasteiger partial charge >= 0.3 is 0 Å². The molecule has 3 heterocycles. The summed E-state index contributed by atoms with van der Waals surface area (Å²) < 4.78 is 38.0. The second-order valence-corrected chi connectivity index (χ2v) is 9.41. The van der Waals surface area contributed by atoms with Gasteiger partial charge in [0.05, 0.1) is 49.3 Å². The summed E-state index contributed by atoms with van der Waals surface area (Å²) in [6.07, 6.45) is 7.57. The number of aryl methyl sites for hydroxylation is 1. The monoisotopic (exact) mass is 516 g/mol. The molecule has 182 valence electrons. The normalized spacial score (nSPS) is 11.4. The maximum absolute atomic E-state index is 11.0. The van der Waals surface area contributed by atoms with Crippen LogP contribution in [0, 0.1) is 6.92 Å². The fourth-order valence-electron chi connectivity index (χ4n) is 2.91. The van der Waals surface area contributed by atoms with E-state index in [2.05, 4.69) is 34.4 Å². The van der Waals surface area contributed by atoms with E-state index in [9.17, 15) is 8.42 Å². The quantitative estimate of drug-likeness (QED) is 0.241. The number of fused-ring (bicyclic) bond motifs is 1. The zero-order valence-corrected chi connectivity index (χ0v) is 20.4. The van der Waals surface area contributed by atoms with Crippen molar-refractivity contribution in [2.45, 2.75) is 13.3 Å². The van der Waals surface area contributed by atoms with Gasteiger partial charge in [0.2, 0.25) is 5.88 Å². The Hall–Kier alpha value is -3.61. The van der Waals surface area contributed by atoms with Crippen molar-refractivity contribution in [2.24, 2.45) is 0 Å². The Morgan fingerprint density at radius 3 is 2.57 bits per heavy atom. The summed E-state index contributed by atoms with van der Waals surface area (Å²) >= 11 is 6.33. The van der Waals surface area contributed by atoms with Crippen molar-refractivity contribution in [2.75, 3.05) is 24.8 Å². The molecule has 1 aromatic carbocycles. The highest BCUT2D eigenvalue weighted by Crippen LogP contribution is 2.32. The first kappa shape index (κ1) is 24.5. The molecular weight excluding hydrogens is 496 g/mol. The van der Waals surface area contributed by atoms with E-state index in [-0.39, 0.29) is 24.1 Å². The summed E-state index contributed by atoms with van der Waals surface area (Å²) in [5.41, 5.74) is 1.51. The highest BCUT2D eigenvalue weighted by Gasteiger charge is 2.11. The molecular formula is C22H21ClN6O5S. The van der Waals surface area contributed by atoms with Crippen molar-refractivity contribution < 1.29 is 22.1 Å². The van der Waals surface area contributed by atoms with Crippen molar-refractivity contribution >= 4 is 44.3 Å². The smallest absolute Gasteiger partial charge is 0.264 e. The maximum Gasteiger partial charge on any atom is 0.264 e. The lowest BCUT2D eigenvalue weighted by Crippen LogP contribution is -2.08. The first-order valence-corrected chi connectivity index (χ1v) is 12.6. The topological polar surface area (TPSA) is 138 Å². The molecule has 0 aliphatic carbocycles. The number of pyridine rings is 1. The first-order chi connectivity index (χ1) is 16.8. The van der Waals surface area contributed by atoms with Crippen molar-refractivity contribution in [3.05, 3.63) is 59.9 Å². The van der Waals surface area contributed by atoms with Crippen LogP contribution in [-0.4, -0.2) is 52.8 Å². The van der Waals surface area contributed by atoms with Gasteiger partial charge in [0.15, 0.2) is 0 Å². The minimum Gasteiger partial charge on any atom is -0.492 e. The third kappa shape index (κ3) is 6.94. The SMILES string of the molecule is Cc1cnc(Nc2ncnc3ccc(Oc4ncc(OCCCOS(C)(=O)=O)cc4Cl)cc23)cn1. The summed E-state index contributed by atoms with van der Waals surface area (Å²) in [4.78, 5) is 21.3. The largest absolute Gasteiger partial charge is 0.492 e. The number of rotatable bonds is 10. The van der Waals surface area contributed by atoms with Gasteiger partial charge in [0.1, 0.15) is 34.5 Å². The molecule has 4 aromatic rings. The lowest BCUT2D eigenvalue weighted by atomic mass is 10.2. The van der Waals surface area contributed by atoms with Gasteiger partial charge < -0.3 is 14.8 Å². The van der Waals surface area contributed by atoms with Gasteiger partial charge in [-0.05, 0) is 25.1 Å². The second-order valence-electron chi connectivity index (χ2n) is 7.36. The molecule has 0 fully saturated rings. The minimum atomic E-state index is -3.47. The fraction of sp³-hybridized carbons (Fsp3) is 0.227. The standard InChI is InChI=1S/C22H21ClN6O5S/c1-14-10-25-20(12-24-14)29-21-17-8-15(4-5-19(17)27-13-28-21)34-22-18(23)9-16(11-26-22)32-6-3-7-33-35(2,30)31/h4-5,8-13H,3,6-7H2,1-2H3,(H,25,27,28,29). The molecule has 13 heteroatoms. The van der Waals surface area contributed by atoms with E-state index in [1.165, 1.54) is 12.5 Å². The van der Waals surface area contributed by atoms with E-state index in [1.807, 2.05) is 6.92 Å². The molecule has 4 rings (SSSR count). The molecule has 0 spiro atoms. The average molecular weight is 517 g/mol. The molecule has 0 amide bonds. The Bertz CT molecular complexity index is 1440. The van der Waals surface area contributed by atoms with Crippen LogP contribution in [-0.2, 0) is 14.3 Å². The van der Waals surface area contributed by atoms with Crippen molar-refractivity contribution in [1.29, 1.82) is 0 Å². The van der Waals surface area contributed by atoms with Gasteiger partial charge in [0.25, 0.3) is 10.1 Å². The first-order valence-electron chi connectivity index (χ1n) is 10.4. The Morgan fingerprint density at radius 2 is 1.83 bits per heavy atom. The predicted molar refractivity (Wildman–Crippen MR) is 130 cm³/mol. The molecule has 0 saturated carbocycles. The van der Waals surface area contributed by atoms with Crippen LogP contribution < -0.4 is 14.8 Å². The molecule has 0 aliphatic rings. The number of halogens is 1. The van der Waals surface area contributed by atoms with Crippen molar-refractivity contribution in [3.8, 4) is 17.4 Å². The molecule has 0 aliphatic heterocycles. The molecule has 11 nitrogen and oxygen atoms in total. The highest BCUT2D eigenvalue weighted by atomic mass is 35.5. The van der Waals surface area contributed by atoms with Gasteiger partial charge in [-0.2, -0.15) is 8.42 Å². The number of benzene rings is 1. The summed E-state index contributed by atoms with van der Waals surface area (Å²) in [5, 5.41) is 4.09. The average Bonchev–Trinajstić information content (AvgIpc) is 2.81. The lowest BCUT2D eigenvalue weighted by molar-refractivity contribution is 0.251. The zero-order valence-electron chi connectivity index (χ0n) is 18.8. The number of nitrogens with zero attached hydrogens (tertiary/aromatic N) is 5. The number of hydrogen-bond donors (Lipinski definition) is 1. The Kier molecular flexibility index (Phi) is 7.54. The molecule has 35 heavy (non-hydrogen) atoms. The lowest BCUT2D eigenvalue weighted by Gasteiger charge is -2.11. The van der Waals surface area contributed by atoms with Gasteiger partial charge in [-0.25, -0.2) is 19.9 Å². The van der Waals surface area contributed by atoms with Crippen LogP contribution in [0.5, 0.6) is 17.4 Å². The number of aromatic nitrogens is 5. The maximum atomic E-state index is 11.0. The number of nitrogens with one attached hydrogen (secondary N) is 1. The van der Waals surface area contributed by atoms with Crippen LogP contribution in [0.1, 0.15) is 12.1 Å². The van der Waals surface area contributed by atoms with E-state index < -0.39 is 10.1 Å². The van der Waals surface area contributed by atoms with Gasteiger partial charge in [-0.3, -0.25) is 9.17 Å². The number of ether oxygens (including phenoxy) is 2.